The fourth-order valence-corrected chi connectivity index (χ4v) is 4.96. The summed E-state index contributed by atoms with van der Waals surface area (Å²) in [6, 6.07) is 11.9. The van der Waals surface area contributed by atoms with Crippen molar-refractivity contribution in [1.29, 1.82) is 0 Å². The molecule has 4 rings (SSSR count). The number of nitrogens with one attached hydrogen (secondary N) is 1. The maximum Gasteiger partial charge on any atom is 0.224 e. The number of aryl methyl sites for hydroxylation is 3. The molecule has 0 unspecified atom stereocenters. The molecule has 1 heterocycles. The lowest BCUT2D eigenvalue weighted by molar-refractivity contribution is -0.117. The molecule has 0 spiro atoms. The van der Waals surface area contributed by atoms with E-state index in [0.29, 0.717) is 18.4 Å². The van der Waals surface area contributed by atoms with Crippen LogP contribution in [0.2, 0.25) is 0 Å². The first kappa shape index (κ1) is 19.0. The number of carbonyl (C=O) groups excluding carboxylic acids is 1. The monoisotopic (exact) mass is 376 g/mol. The quantitative estimate of drug-likeness (QED) is 0.709. The molecule has 1 amide bonds. The SMILES string of the molecule is Cc1ccc2c(c1)[C@H]1C[C@@H]2N(c2cc(C)c(NC(=O)CC(C)(C)C)c(C)c2)C1. The van der Waals surface area contributed by atoms with Crippen molar-refractivity contribution in [2.24, 2.45) is 5.41 Å². The van der Waals surface area contributed by atoms with Gasteiger partial charge in [-0.25, -0.2) is 0 Å². The third kappa shape index (κ3) is 3.43. The average Bonchev–Trinajstić information content (AvgIpc) is 3.15. The number of carbonyl (C=O) groups is 1. The van der Waals surface area contributed by atoms with Gasteiger partial charge < -0.3 is 10.2 Å². The first-order valence-electron chi connectivity index (χ1n) is 10.4. The summed E-state index contributed by atoms with van der Waals surface area (Å²) in [5.74, 6) is 0.739. The van der Waals surface area contributed by atoms with Gasteiger partial charge in [-0.05, 0) is 67.0 Å². The maximum atomic E-state index is 12.4. The minimum Gasteiger partial charge on any atom is -0.364 e. The van der Waals surface area contributed by atoms with Crippen LogP contribution in [0.5, 0.6) is 0 Å². The Kier molecular flexibility index (Phi) is 4.52. The fourth-order valence-electron chi connectivity index (χ4n) is 4.96. The first-order chi connectivity index (χ1) is 13.1. The standard InChI is InChI=1S/C25H32N2O/c1-15-7-8-20-21(9-15)18-12-22(20)27(14-18)19-10-16(2)24(17(3)11-19)26-23(28)13-25(4,5)6/h7-11,18,22H,12-14H2,1-6H3,(H,26,28)/t18-,22-/m0/s1. The van der Waals surface area contributed by atoms with E-state index < -0.39 is 0 Å². The number of nitrogens with zero attached hydrogens (tertiary/aromatic N) is 1. The predicted molar refractivity (Wildman–Crippen MR) is 117 cm³/mol. The molecule has 0 aromatic heterocycles. The van der Waals surface area contributed by atoms with Crippen molar-refractivity contribution in [3.8, 4) is 0 Å². The smallest absolute Gasteiger partial charge is 0.224 e. The van der Waals surface area contributed by atoms with Crippen LogP contribution in [0.3, 0.4) is 0 Å². The molecule has 1 aliphatic carbocycles. The van der Waals surface area contributed by atoms with Crippen molar-refractivity contribution >= 4 is 17.3 Å². The van der Waals surface area contributed by atoms with Crippen LogP contribution in [0.1, 0.15) is 73.4 Å². The lowest BCUT2D eigenvalue weighted by Crippen LogP contribution is -2.27. The van der Waals surface area contributed by atoms with Gasteiger partial charge in [-0.15, -0.1) is 0 Å². The maximum absolute atomic E-state index is 12.4. The zero-order chi connectivity index (χ0) is 20.2. The highest BCUT2D eigenvalue weighted by Crippen LogP contribution is 2.52. The number of hydrogen-bond donors (Lipinski definition) is 1. The molecule has 1 fully saturated rings. The molecule has 28 heavy (non-hydrogen) atoms. The normalized spacial score (nSPS) is 20.4. The van der Waals surface area contributed by atoms with Crippen LogP contribution in [0, 0.1) is 26.2 Å². The molecule has 148 valence electrons. The van der Waals surface area contributed by atoms with Gasteiger partial charge in [0.05, 0.1) is 6.04 Å². The van der Waals surface area contributed by atoms with E-state index in [4.69, 9.17) is 0 Å². The minimum atomic E-state index is -0.00757. The molecule has 3 heteroatoms. The van der Waals surface area contributed by atoms with Gasteiger partial charge in [-0.2, -0.15) is 0 Å². The fraction of sp³-hybridized carbons (Fsp3) is 0.480. The number of rotatable bonds is 3. The van der Waals surface area contributed by atoms with Gasteiger partial charge in [0, 0.05) is 30.3 Å². The topological polar surface area (TPSA) is 32.3 Å². The zero-order valence-electron chi connectivity index (χ0n) is 18.0. The molecular weight excluding hydrogens is 344 g/mol. The third-order valence-electron chi connectivity index (χ3n) is 6.15. The predicted octanol–water partition coefficient (Wildman–Crippen LogP) is 6.04. The highest BCUT2D eigenvalue weighted by molar-refractivity contribution is 5.93. The van der Waals surface area contributed by atoms with E-state index >= 15 is 0 Å². The Morgan fingerprint density at radius 1 is 1.07 bits per heavy atom. The second kappa shape index (κ2) is 6.65. The highest BCUT2D eigenvalue weighted by atomic mass is 16.1. The summed E-state index contributed by atoms with van der Waals surface area (Å²) in [7, 11) is 0. The van der Waals surface area contributed by atoms with E-state index in [1.807, 2.05) is 0 Å². The molecule has 2 aromatic carbocycles. The molecule has 1 N–H and O–H groups in total. The molecule has 0 radical (unpaired) electrons. The average molecular weight is 377 g/mol. The summed E-state index contributed by atoms with van der Waals surface area (Å²) in [5, 5.41) is 3.15. The second-order valence-corrected chi connectivity index (χ2v) is 9.97. The van der Waals surface area contributed by atoms with Crippen molar-refractivity contribution in [2.45, 2.75) is 66.3 Å². The summed E-state index contributed by atoms with van der Waals surface area (Å²) in [6.45, 7) is 13.8. The van der Waals surface area contributed by atoms with Gasteiger partial charge in [-0.1, -0.05) is 44.5 Å². The van der Waals surface area contributed by atoms with Gasteiger partial charge in [0.2, 0.25) is 5.91 Å². The van der Waals surface area contributed by atoms with Crippen molar-refractivity contribution < 1.29 is 4.79 Å². The van der Waals surface area contributed by atoms with Gasteiger partial charge in [0.25, 0.3) is 0 Å². The molecule has 2 aromatic rings. The number of hydrogen-bond acceptors (Lipinski definition) is 2. The molecule has 2 aliphatic rings. The Labute approximate surface area is 169 Å². The molecular formula is C25H32N2O. The van der Waals surface area contributed by atoms with Crippen molar-refractivity contribution in [3.63, 3.8) is 0 Å². The lowest BCUT2D eigenvalue weighted by Gasteiger charge is -2.32. The van der Waals surface area contributed by atoms with Crippen LogP contribution >= 0.6 is 0 Å². The van der Waals surface area contributed by atoms with Crippen LogP contribution in [0.25, 0.3) is 0 Å². The van der Waals surface area contributed by atoms with E-state index in [9.17, 15) is 4.79 Å². The number of amides is 1. The van der Waals surface area contributed by atoms with Crippen molar-refractivity contribution in [1.82, 2.24) is 0 Å². The van der Waals surface area contributed by atoms with E-state index in [0.717, 1.165) is 23.4 Å². The molecule has 1 aliphatic heterocycles. The van der Waals surface area contributed by atoms with Gasteiger partial charge in [0.1, 0.15) is 0 Å². The summed E-state index contributed by atoms with van der Waals surface area (Å²) in [6.07, 6.45) is 1.75. The van der Waals surface area contributed by atoms with E-state index in [1.165, 1.54) is 23.2 Å². The largest absolute Gasteiger partial charge is 0.364 e. The summed E-state index contributed by atoms with van der Waals surface area (Å²) < 4.78 is 0. The zero-order valence-corrected chi connectivity index (χ0v) is 18.0. The summed E-state index contributed by atoms with van der Waals surface area (Å²) in [5.41, 5.74) is 8.95. The minimum absolute atomic E-state index is 0.00757. The molecule has 0 saturated carbocycles. The Bertz CT molecular complexity index is 915. The van der Waals surface area contributed by atoms with Crippen LogP contribution in [0.4, 0.5) is 11.4 Å². The van der Waals surface area contributed by atoms with Crippen LogP contribution in [-0.4, -0.2) is 12.5 Å². The second-order valence-electron chi connectivity index (χ2n) is 9.97. The van der Waals surface area contributed by atoms with Gasteiger partial charge in [-0.3, -0.25) is 4.79 Å². The number of fused-ring (bicyclic) bond motifs is 5. The Morgan fingerprint density at radius 3 is 2.39 bits per heavy atom. The summed E-state index contributed by atoms with van der Waals surface area (Å²) in [4.78, 5) is 15.0. The Morgan fingerprint density at radius 2 is 1.75 bits per heavy atom. The Hall–Kier alpha value is -2.29. The number of anilines is 2. The van der Waals surface area contributed by atoms with E-state index in [-0.39, 0.29) is 11.3 Å². The molecule has 3 nitrogen and oxygen atoms in total. The van der Waals surface area contributed by atoms with Gasteiger partial charge >= 0.3 is 0 Å². The van der Waals surface area contributed by atoms with Crippen molar-refractivity contribution in [2.75, 3.05) is 16.8 Å². The molecule has 2 bridgehead atoms. The Balaban J connectivity index is 1.58. The van der Waals surface area contributed by atoms with E-state index in [1.54, 1.807) is 5.56 Å². The van der Waals surface area contributed by atoms with Gasteiger partial charge in [0.15, 0.2) is 0 Å². The van der Waals surface area contributed by atoms with Crippen molar-refractivity contribution in [3.05, 3.63) is 58.1 Å². The summed E-state index contributed by atoms with van der Waals surface area (Å²) >= 11 is 0. The number of benzene rings is 2. The first-order valence-corrected chi connectivity index (χ1v) is 10.4. The van der Waals surface area contributed by atoms with E-state index in [2.05, 4.69) is 82.1 Å². The highest BCUT2D eigenvalue weighted by Gasteiger charge is 2.42. The molecule has 1 saturated heterocycles. The molecule has 2 atom stereocenters. The van der Waals surface area contributed by atoms with Crippen LogP contribution in [-0.2, 0) is 4.79 Å². The van der Waals surface area contributed by atoms with Crippen LogP contribution in [0.15, 0.2) is 30.3 Å². The van der Waals surface area contributed by atoms with Crippen LogP contribution < -0.4 is 10.2 Å². The lowest BCUT2D eigenvalue weighted by atomic mass is 9.92. The third-order valence-corrected chi connectivity index (χ3v) is 6.15.